The monoisotopic (exact) mass is 672 g/mol. The number of para-hydroxylation sites is 1. The highest BCUT2D eigenvalue weighted by Crippen LogP contribution is 2.52. The molecule has 3 N–H and O–H groups in total. The molecule has 0 aromatic heterocycles. The molecule has 0 unspecified atom stereocenters. The molecule has 2 fully saturated rings. The highest BCUT2D eigenvalue weighted by Gasteiger charge is 2.57. The Morgan fingerprint density at radius 2 is 1.63 bits per heavy atom. The van der Waals surface area contributed by atoms with Gasteiger partial charge >= 0.3 is 7.12 Å². The topological polar surface area (TPSA) is 99.1 Å². The average Bonchev–Trinajstić information content (AvgIpc) is 3.36. The van der Waals surface area contributed by atoms with Crippen LogP contribution < -0.4 is 10.2 Å². The Hall–Kier alpha value is -4.63. The maximum Gasteiger partial charge on any atom is 0.455 e. The largest absolute Gasteiger partial charge is 0.508 e. The molecule has 4 aromatic carbocycles. The fraction of sp³-hybridized carbons (Fsp3) is 0.250. The summed E-state index contributed by atoms with van der Waals surface area (Å²) in [6, 6.07) is 32.2. The number of hydrogen-bond acceptors (Lipinski definition) is 6. The number of phenolic OH excluding ortho intramolecular Hbond substituents is 1. The molecule has 4 aromatic rings. The van der Waals surface area contributed by atoms with Crippen LogP contribution in [0.2, 0.25) is 11.3 Å². The molecule has 9 heteroatoms. The molecule has 4 atom stereocenters. The van der Waals surface area contributed by atoms with Gasteiger partial charge in [0.05, 0.1) is 28.6 Å². The Kier molecular flexibility index (Phi) is 9.45. The Labute approximate surface area is 292 Å². The van der Waals surface area contributed by atoms with E-state index in [-0.39, 0.29) is 29.8 Å². The van der Waals surface area contributed by atoms with Gasteiger partial charge in [-0.2, -0.15) is 0 Å². The second kappa shape index (κ2) is 14.1. The lowest BCUT2D eigenvalue weighted by atomic mass is 9.58. The molecule has 248 valence electrons. The maximum atomic E-state index is 14.2. The van der Waals surface area contributed by atoms with Gasteiger partial charge in [-0.1, -0.05) is 72.6 Å². The minimum Gasteiger partial charge on any atom is -0.508 e. The third-order valence-corrected chi connectivity index (χ3v) is 10.4. The fourth-order valence-corrected chi connectivity index (χ4v) is 8.03. The molecular weight excluding hydrogens is 635 g/mol. The van der Waals surface area contributed by atoms with Crippen molar-refractivity contribution >= 4 is 59.2 Å². The van der Waals surface area contributed by atoms with Crippen LogP contribution in [0.4, 0.5) is 17.1 Å². The third-order valence-electron chi connectivity index (χ3n) is 10.1. The minimum atomic E-state index is -1.05. The van der Waals surface area contributed by atoms with E-state index in [4.69, 9.17) is 16.3 Å². The summed E-state index contributed by atoms with van der Waals surface area (Å²) in [6.45, 7) is 2.08. The van der Waals surface area contributed by atoms with Gasteiger partial charge in [0.2, 0.25) is 11.8 Å². The molecule has 2 aliphatic heterocycles. The predicted octanol–water partition coefficient (Wildman–Crippen LogP) is 8.52. The molecule has 7 rings (SSSR count). The van der Waals surface area contributed by atoms with E-state index in [0.717, 1.165) is 45.6 Å². The summed E-state index contributed by atoms with van der Waals surface area (Å²) in [4.78, 5) is 29.5. The number of carbonyl (C=O) groups excluding carboxylic acids is 2. The number of nitrogens with one attached hydrogen (secondary N) is 1. The number of benzene rings is 4. The summed E-state index contributed by atoms with van der Waals surface area (Å²) in [5.41, 5.74) is 7.41. The van der Waals surface area contributed by atoms with Crippen LogP contribution in [0.3, 0.4) is 0 Å². The number of aromatic hydroxyl groups is 1. The Morgan fingerprint density at radius 1 is 0.939 bits per heavy atom. The number of phenols is 1. The quantitative estimate of drug-likeness (QED) is 0.0714. The van der Waals surface area contributed by atoms with E-state index in [2.05, 4.69) is 12.2 Å². The van der Waals surface area contributed by atoms with E-state index in [1.165, 1.54) is 11.0 Å². The van der Waals surface area contributed by atoms with Gasteiger partial charge in [-0.05, 0) is 121 Å². The van der Waals surface area contributed by atoms with Crippen LogP contribution in [-0.4, -0.2) is 35.2 Å². The number of imide groups is 1. The van der Waals surface area contributed by atoms with Crippen molar-refractivity contribution in [3.8, 4) is 5.75 Å². The number of fused-ring (bicyclic) bond motifs is 3. The number of allylic oxidation sites excluding steroid dienone is 2. The molecule has 7 nitrogen and oxygen atoms in total. The standard InChI is InChI=1S/C40H38BClN2O5/c1-2-25-22-33-38(40(47)44(39(33)46)31-17-15-30(16-18-31)43-29-11-7-4-8-12-29)34-24-41(48)49-36(37(25)34)20-14-27(26-9-5-3-6-10-26)21-28-13-19-32(45)23-35(28)42/h3-13,15-19,21,23,33-34,36,38,43,45,48H,2,14,20,22,24H2,1H3/b27-21-/t33-,34+,36-,38-/m1/s1. The molecule has 1 aliphatic carbocycles. The van der Waals surface area contributed by atoms with Gasteiger partial charge in [0.1, 0.15) is 5.75 Å². The molecule has 3 aliphatic rings. The van der Waals surface area contributed by atoms with Gasteiger partial charge in [-0.25, -0.2) is 0 Å². The Bertz CT molecular complexity index is 1910. The van der Waals surface area contributed by atoms with E-state index in [1.807, 2.05) is 91.0 Å². The Morgan fingerprint density at radius 3 is 2.33 bits per heavy atom. The van der Waals surface area contributed by atoms with Crippen LogP contribution in [0, 0.1) is 17.8 Å². The number of amides is 2. The fourth-order valence-electron chi connectivity index (χ4n) is 7.80. The number of anilines is 3. The number of carbonyl (C=O) groups is 2. The summed E-state index contributed by atoms with van der Waals surface area (Å²) < 4.78 is 6.24. The minimum absolute atomic E-state index is 0.101. The molecule has 0 spiro atoms. The molecule has 2 saturated heterocycles. The van der Waals surface area contributed by atoms with Gasteiger partial charge in [0.15, 0.2) is 0 Å². The smallest absolute Gasteiger partial charge is 0.455 e. The van der Waals surface area contributed by atoms with Gasteiger partial charge in [-0.15, -0.1) is 0 Å². The predicted molar refractivity (Wildman–Crippen MR) is 195 cm³/mol. The van der Waals surface area contributed by atoms with E-state index in [0.29, 0.717) is 30.0 Å². The first-order valence-corrected chi connectivity index (χ1v) is 17.3. The molecule has 2 amide bonds. The van der Waals surface area contributed by atoms with Crippen molar-refractivity contribution in [2.24, 2.45) is 17.8 Å². The van der Waals surface area contributed by atoms with Crippen molar-refractivity contribution in [3.05, 3.63) is 130 Å². The third kappa shape index (κ3) is 6.69. The molecule has 0 saturated carbocycles. The van der Waals surface area contributed by atoms with Crippen molar-refractivity contribution in [3.63, 3.8) is 0 Å². The maximum absolute atomic E-state index is 14.2. The van der Waals surface area contributed by atoms with Crippen molar-refractivity contribution < 1.29 is 24.4 Å². The zero-order valence-corrected chi connectivity index (χ0v) is 28.0. The van der Waals surface area contributed by atoms with Gasteiger partial charge in [0, 0.05) is 11.4 Å². The average molecular weight is 673 g/mol. The van der Waals surface area contributed by atoms with Crippen LogP contribution >= 0.6 is 11.6 Å². The van der Waals surface area contributed by atoms with Crippen molar-refractivity contribution in [2.45, 2.75) is 45.0 Å². The molecule has 0 bridgehead atoms. The van der Waals surface area contributed by atoms with E-state index < -0.39 is 25.1 Å². The van der Waals surface area contributed by atoms with E-state index >= 15 is 0 Å². The summed E-state index contributed by atoms with van der Waals surface area (Å²) in [7, 11) is -1.05. The first kappa shape index (κ1) is 32.9. The molecule has 2 heterocycles. The summed E-state index contributed by atoms with van der Waals surface area (Å²) >= 11 is 6.50. The van der Waals surface area contributed by atoms with Crippen LogP contribution in [0.15, 0.2) is 114 Å². The van der Waals surface area contributed by atoms with Gasteiger partial charge in [-0.3, -0.25) is 14.5 Å². The lowest BCUT2D eigenvalue weighted by Crippen LogP contribution is -2.46. The Balaban J connectivity index is 1.15. The van der Waals surface area contributed by atoms with E-state index in [1.54, 1.807) is 12.1 Å². The summed E-state index contributed by atoms with van der Waals surface area (Å²) in [5, 5.41) is 24.7. The molecular formula is C40H38BClN2O5. The number of halogens is 1. The number of hydrogen-bond donors (Lipinski definition) is 3. The molecule has 49 heavy (non-hydrogen) atoms. The SMILES string of the molecule is CCC1=C2[C@@H](CC/C(=C/c3ccc(O)cc3Cl)c3ccccc3)OB(O)C[C@@H]2[C@@H]2C(=O)N(c3ccc(Nc4ccccc4)cc3)C(=O)[C@@H]2C1. The lowest BCUT2D eigenvalue weighted by Gasteiger charge is -2.43. The second-order valence-corrected chi connectivity index (χ2v) is 13.4. The van der Waals surface area contributed by atoms with Crippen molar-refractivity contribution in [1.29, 1.82) is 0 Å². The molecule has 0 radical (unpaired) electrons. The number of rotatable bonds is 9. The van der Waals surface area contributed by atoms with Gasteiger partial charge in [0.25, 0.3) is 0 Å². The lowest BCUT2D eigenvalue weighted by molar-refractivity contribution is -0.122. The summed E-state index contributed by atoms with van der Waals surface area (Å²) in [6.07, 6.45) is 4.31. The summed E-state index contributed by atoms with van der Waals surface area (Å²) in [5.74, 6) is -1.61. The second-order valence-electron chi connectivity index (χ2n) is 13.0. The zero-order valence-electron chi connectivity index (χ0n) is 27.3. The highest BCUT2D eigenvalue weighted by molar-refractivity contribution is 6.43. The first-order valence-electron chi connectivity index (χ1n) is 16.9. The van der Waals surface area contributed by atoms with Crippen LogP contribution in [0.25, 0.3) is 11.6 Å². The zero-order chi connectivity index (χ0) is 34.1. The van der Waals surface area contributed by atoms with Crippen molar-refractivity contribution in [1.82, 2.24) is 0 Å². The normalized spacial score (nSPS) is 22.3. The van der Waals surface area contributed by atoms with Crippen LogP contribution in [0.1, 0.15) is 43.7 Å². The van der Waals surface area contributed by atoms with Crippen LogP contribution in [0.5, 0.6) is 5.75 Å². The van der Waals surface area contributed by atoms with Gasteiger partial charge < -0.3 is 20.1 Å². The first-order chi connectivity index (χ1) is 23.8. The van der Waals surface area contributed by atoms with E-state index in [9.17, 15) is 19.7 Å². The highest BCUT2D eigenvalue weighted by atomic mass is 35.5. The van der Waals surface area contributed by atoms with Crippen molar-refractivity contribution in [2.75, 3.05) is 10.2 Å². The van der Waals surface area contributed by atoms with Crippen LogP contribution in [-0.2, 0) is 14.2 Å². The number of nitrogens with zero attached hydrogens (tertiary/aromatic N) is 1.